The van der Waals surface area contributed by atoms with Gasteiger partial charge in [-0.15, -0.1) is 0 Å². The quantitative estimate of drug-likeness (QED) is 0.394. The molecule has 3 N–H and O–H groups in total. The van der Waals surface area contributed by atoms with Crippen LogP contribution in [0.25, 0.3) is 5.82 Å². The molecular weight excluding hydrogens is 525 g/mol. The Morgan fingerprint density at radius 1 is 1.29 bits per heavy atom. The smallest absolute Gasteiger partial charge is 0.252 e. The van der Waals surface area contributed by atoms with Crippen molar-refractivity contribution < 1.29 is 13.9 Å². The van der Waals surface area contributed by atoms with Gasteiger partial charge in [-0.3, -0.25) is 14.9 Å². The summed E-state index contributed by atoms with van der Waals surface area (Å²) >= 11 is 0. The number of amidine groups is 1. The summed E-state index contributed by atoms with van der Waals surface area (Å²) in [4.78, 5) is 22.8. The van der Waals surface area contributed by atoms with Gasteiger partial charge in [-0.2, -0.15) is 15.5 Å². The van der Waals surface area contributed by atoms with Crippen LogP contribution in [-0.2, 0) is 9.53 Å². The number of rotatable bonds is 7. The topological polar surface area (TPSA) is 146 Å². The van der Waals surface area contributed by atoms with Crippen LogP contribution in [0, 0.1) is 35.9 Å². The molecule has 0 saturated heterocycles. The fourth-order valence-corrected chi connectivity index (χ4v) is 5.68. The first kappa shape index (κ1) is 28.2. The van der Waals surface area contributed by atoms with E-state index in [9.17, 15) is 14.4 Å². The van der Waals surface area contributed by atoms with E-state index in [1.165, 1.54) is 10.9 Å². The Kier molecular flexibility index (Phi) is 7.99. The molecule has 11 nitrogen and oxygen atoms in total. The fourth-order valence-electron chi connectivity index (χ4n) is 5.68. The Morgan fingerprint density at radius 2 is 2.07 bits per heavy atom. The van der Waals surface area contributed by atoms with E-state index in [0.29, 0.717) is 43.2 Å². The zero-order valence-electron chi connectivity index (χ0n) is 23.6. The predicted molar refractivity (Wildman–Crippen MR) is 151 cm³/mol. The first-order valence-electron chi connectivity index (χ1n) is 13.7. The van der Waals surface area contributed by atoms with Gasteiger partial charge in [-0.1, -0.05) is 11.6 Å². The Morgan fingerprint density at radius 3 is 2.66 bits per heavy atom. The lowest BCUT2D eigenvalue weighted by molar-refractivity contribution is -0.149. The number of carbonyl (C=O) groups is 1. The fraction of sp³-hybridized carbons (Fsp3) is 0.448. The normalized spacial score (nSPS) is 25.0. The van der Waals surface area contributed by atoms with E-state index in [4.69, 9.17) is 9.73 Å². The van der Waals surface area contributed by atoms with Crippen molar-refractivity contribution in [2.24, 2.45) is 16.8 Å². The molecule has 0 radical (unpaired) electrons. The number of carbonyl (C=O) groups excluding carboxylic acids is 1. The summed E-state index contributed by atoms with van der Waals surface area (Å²) in [5, 5.41) is 27.4. The second-order valence-electron chi connectivity index (χ2n) is 10.8. The Hall–Kier alpha value is -4.37. The molecule has 214 valence electrons. The maximum Gasteiger partial charge on any atom is 0.252 e. The number of anilines is 1. The molecule has 0 spiro atoms. The highest BCUT2D eigenvalue weighted by atomic mass is 19.1. The van der Waals surface area contributed by atoms with Crippen molar-refractivity contribution in [1.29, 1.82) is 5.26 Å². The maximum absolute atomic E-state index is 13.5. The van der Waals surface area contributed by atoms with Crippen LogP contribution in [0.5, 0.6) is 0 Å². The van der Waals surface area contributed by atoms with Gasteiger partial charge in [-0.25, -0.2) is 14.1 Å². The molecule has 3 aromatic heterocycles. The third-order valence-corrected chi connectivity index (χ3v) is 8.12. The van der Waals surface area contributed by atoms with Crippen LogP contribution in [-0.4, -0.2) is 55.5 Å². The number of methoxy groups -OCH3 is 1. The molecule has 3 atom stereocenters. The van der Waals surface area contributed by atoms with Crippen LogP contribution in [0.15, 0.2) is 53.4 Å². The Bertz CT molecular complexity index is 1490. The number of H-pyrrole nitrogens is 1. The number of aliphatic imine (C=N–C) groups is 1. The summed E-state index contributed by atoms with van der Waals surface area (Å²) in [7, 11) is 1.57. The molecule has 0 aromatic carbocycles. The lowest BCUT2D eigenvalue weighted by atomic mass is 9.71. The summed E-state index contributed by atoms with van der Waals surface area (Å²) in [6.45, 7) is 5.77. The molecule has 5 rings (SSSR count). The number of hydrogen-bond acceptors (Lipinski definition) is 8. The second kappa shape index (κ2) is 11.6. The van der Waals surface area contributed by atoms with E-state index in [-0.39, 0.29) is 29.8 Å². The van der Waals surface area contributed by atoms with Gasteiger partial charge in [-0.05, 0) is 70.1 Å². The lowest BCUT2D eigenvalue weighted by Crippen LogP contribution is -2.52. The van der Waals surface area contributed by atoms with E-state index < -0.39 is 11.4 Å². The second-order valence-corrected chi connectivity index (χ2v) is 10.8. The highest BCUT2D eigenvalue weighted by molar-refractivity contribution is 6.04. The number of nitrogens with zero attached hydrogens (tertiary/aromatic N) is 6. The minimum absolute atomic E-state index is 0.124. The largest absolute Gasteiger partial charge is 0.368 e. The third kappa shape index (κ3) is 5.90. The van der Waals surface area contributed by atoms with Gasteiger partial charge in [0.2, 0.25) is 0 Å². The number of dihydropyridines is 1. The molecule has 1 aliphatic heterocycles. The van der Waals surface area contributed by atoms with Crippen molar-refractivity contribution in [3.05, 3.63) is 65.5 Å². The average Bonchev–Trinajstić information content (AvgIpc) is 3.60. The summed E-state index contributed by atoms with van der Waals surface area (Å²) < 4.78 is 20.5. The molecule has 12 heteroatoms. The van der Waals surface area contributed by atoms with Crippen LogP contribution in [0.1, 0.15) is 56.8 Å². The minimum atomic E-state index is -0.968. The molecule has 41 heavy (non-hydrogen) atoms. The van der Waals surface area contributed by atoms with E-state index in [2.05, 4.69) is 37.0 Å². The summed E-state index contributed by atoms with van der Waals surface area (Å²) in [6, 6.07) is 7.35. The zero-order chi connectivity index (χ0) is 29.1. The van der Waals surface area contributed by atoms with E-state index in [1.807, 2.05) is 39.0 Å². The van der Waals surface area contributed by atoms with Crippen LogP contribution in [0.4, 0.5) is 10.2 Å². The first-order chi connectivity index (χ1) is 19.7. The molecule has 1 saturated carbocycles. The van der Waals surface area contributed by atoms with Crippen LogP contribution in [0.3, 0.4) is 0 Å². The SMILES string of the molecule is CO[C@]1(C(=O)N[C@@H](C)c2ccc(-n3cc(F)cn3)nc2)CC[C@H](C2N=C(Nc3cc(C)[nH]n3)C=C(C)C2C#N)CC1. The highest BCUT2D eigenvalue weighted by Crippen LogP contribution is 2.41. The number of nitriles is 1. The molecule has 1 fully saturated rings. The number of aryl methyl sites for hydroxylation is 1. The average molecular weight is 560 g/mol. The standard InChI is InChI=1S/C29H34FN9O2/c1-17-11-24(35-25-12-18(2)37-38-25)36-27(23(17)13-31)20-7-9-29(41-4,10-8-20)28(40)34-19(3)21-5-6-26(32-14-21)39-16-22(30)15-33-39/h5-6,11-12,14-16,19-20,23,27H,7-10H2,1-4H3,(H,34,40)(H2,35,36,37,38)/t19-,20-,23?,27?,29+/m0/s1. The number of pyridine rings is 1. The van der Waals surface area contributed by atoms with Crippen molar-refractivity contribution in [2.45, 2.75) is 64.1 Å². The molecule has 4 heterocycles. The highest BCUT2D eigenvalue weighted by Gasteiger charge is 2.45. The molecule has 1 amide bonds. The van der Waals surface area contributed by atoms with Crippen LogP contribution < -0.4 is 10.6 Å². The molecule has 3 aromatic rings. The van der Waals surface area contributed by atoms with Crippen molar-refractivity contribution >= 4 is 17.6 Å². The van der Waals surface area contributed by atoms with Gasteiger partial charge in [0.25, 0.3) is 5.91 Å². The molecule has 0 bridgehead atoms. The van der Waals surface area contributed by atoms with Crippen molar-refractivity contribution in [1.82, 2.24) is 30.3 Å². The molecule has 2 unspecified atom stereocenters. The van der Waals surface area contributed by atoms with Crippen molar-refractivity contribution in [3.8, 4) is 11.9 Å². The molecular formula is C29H34FN9O2. The van der Waals surface area contributed by atoms with Crippen molar-refractivity contribution in [2.75, 3.05) is 12.4 Å². The van der Waals surface area contributed by atoms with Gasteiger partial charge in [0.1, 0.15) is 11.4 Å². The minimum Gasteiger partial charge on any atom is -0.368 e. The number of nitrogens with one attached hydrogen (secondary N) is 3. The van der Waals surface area contributed by atoms with Gasteiger partial charge < -0.3 is 15.4 Å². The summed E-state index contributed by atoms with van der Waals surface area (Å²) in [5.41, 5.74) is 1.72. The predicted octanol–water partition coefficient (Wildman–Crippen LogP) is 4.17. The van der Waals surface area contributed by atoms with E-state index in [0.717, 1.165) is 23.0 Å². The van der Waals surface area contributed by atoms with Crippen LogP contribution in [0.2, 0.25) is 0 Å². The van der Waals surface area contributed by atoms with Gasteiger partial charge in [0.15, 0.2) is 17.5 Å². The summed E-state index contributed by atoms with van der Waals surface area (Å²) in [6.07, 6.45) is 8.34. The third-order valence-electron chi connectivity index (χ3n) is 8.12. The van der Waals surface area contributed by atoms with Gasteiger partial charge in [0, 0.05) is 25.1 Å². The number of hydrogen-bond donors (Lipinski definition) is 3. The van der Waals surface area contributed by atoms with Crippen LogP contribution >= 0.6 is 0 Å². The molecule has 2 aliphatic rings. The molecule has 1 aliphatic carbocycles. The Labute approximate surface area is 237 Å². The first-order valence-corrected chi connectivity index (χ1v) is 13.7. The summed E-state index contributed by atoms with van der Waals surface area (Å²) in [5.74, 6) is 1.00. The zero-order valence-corrected chi connectivity index (χ0v) is 23.6. The van der Waals surface area contributed by atoms with Gasteiger partial charge >= 0.3 is 0 Å². The Balaban J connectivity index is 1.24. The maximum atomic E-state index is 13.5. The van der Waals surface area contributed by atoms with E-state index >= 15 is 0 Å². The monoisotopic (exact) mass is 559 g/mol. The number of aromatic nitrogens is 5. The van der Waals surface area contributed by atoms with Gasteiger partial charge in [0.05, 0.1) is 36.5 Å². The number of amides is 1. The number of halogens is 1. The van der Waals surface area contributed by atoms with Crippen molar-refractivity contribution in [3.63, 3.8) is 0 Å². The van der Waals surface area contributed by atoms with E-state index in [1.54, 1.807) is 19.4 Å². The number of aromatic amines is 1. The lowest BCUT2D eigenvalue weighted by Gasteiger charge is -2.41. The number of ether oxygens (including phenoxy) is 1.